The Bertz CT molecular complexity index is 1370. The number of nitrogens with two attached hydrogens (primary N) is 1. The zero-order chi connectivity index (χ0) is 27.5. The molecule has 1 aromatic carbocycles. The maximum Gasteiger partial charge on any atom is 0.491 e. The Balaban J connectivity index is 1.84. The summed E-state index contributed by atoms with van der Waals surface area (Å²) in [5, 5.41) is 0. The molecule has 4 rings (SSSR count). The van der Waals surface area contributed by atoms with Gasteiger partial charge in [0.2, 0.25) is 0 Å². The van der Waals surface area contributed by atoms with E-state index in [0.29, 0.717) is 48.9 Å². The van der Waals surface area contributed by atoms with Gasteiger partial charge >= 0.3 is 6.30 Å². The summed E-state index contributed by atoms with van der Waals surface area (Å²) in [6.07, 6.45) is -2.40. The number of halogens is 3. The molecular formula is C28H28F3N5O2. The van der Waals surface area contributed by atoms with Crippen molar-refractivity contribution >= 4 is 17.4 Å². The quantitative estimate of drug-likeness (QED) is 0.399. The van der Waals surface area contributed by atoms with Gasteiger partial charge in [-0.25, -0.2) is 9.88 Å². The van der Waals surface area contributed by atoms with Crippen molar-refractivity contribution in [3.63, 3.8) is 0 Å². The van der Waals surface area contributed by atoms with Crippen molar-refractivity contribution in [2.75, 3.05) is 36.1 Å². The van der Waals surface area contributed by atoms with Crippen LogP contribution in [0.4, 0.5) is 24.7 Å². The van der Waals surface area contributed by atoms with Crippen LogP contribution in [0.3, 0.4) is 0 Å². The monoisotopic (exact) mass is 523 g/mol. The minimum absolute atomic E-state index is 0.125. The van der Waals surface area contributed by atoms with Crippen LogP contribution >= 0.6 is 0 Å². The van der Waals surface area contributed by atoms with E-state index in [9.17, 15) is 18.0 Å². The van der Waals surface area contributed by atoms with Gasteiger partial charge in [0.15, 0.2) is 0 Å². The number of nitrogens with zero attached hydrogens (tertiary/aromatic N) is 4. The van der Waals surface area contributed by atoms with E-state index >= 15 is 0 Å². The van der Waals surface area contributed by atoms with Crippen LogP contribution < -0.4 is 15.5 Å². The summed E-state index contributed by atoms with van der Waals surface area (Å²) in [5.74, 6) is 5.40. The molecule has 0 spiro atoms. The van der Waals surface area contributed by atoms with Crippen molar-refractivity contribution in [1.29, 1.82) is 0 Å². The number of aromatic nitrogens is 2. The van der Waals surface area contributed by atoms with Gasteiger partial charge in [0.25, 0.3) is 5.91 Å². The molecule has 3 aromatic rings. The molecule has 1 aliphatic heterocycles. The summed E-state index contributed by atoms with van der Waals surface area (Å²) in [6, 6.07) is 10.2. The van der Waals surface area contributed by atoms with E-state index in [-0.39, 0.29) is 16.2 Å². The smallest absolute Gasteiger partial charge is 0.378 e. The molecule has 0 radical (unpaired) electrons. The molecule has 2 N–H and O–H groups in total. The third-order valence-corrected chi connectivity index (χ3v) is 5.83. The van der Waals surface area contributed by atoms with Crippen LogP contribution in [0.2, 0.25) is 0 Å². The van der Waals surface area contributed by atoms with E-state index in [2.05, 4.69) is 21.8 Å². The molecule has 1 aliphatic rings. The molecule has 1 amide bonds. The number of morpholine rings is 1. The summed E-state index contributed by atoms with van der Waals surface area (Å²) in [4.78, 5) is 23.3. The minimum Gasteiger partial charge on any atom is -0.378 e. The topological polar surface area (TPSA) is 84.6 Å². The Morgan fingerprint density at radius 1 is 1.08 bits per heavy atom. The number of benzene rings is 1. The van der Waals surface area contributed by atoms with Crippen molar-refractivity contribution in [1.82, 2.24) is 9.97 Å². The maximum atomic E-state index is 14.2. The van der Waals surface area contributed by atoms with Crippen molar-refractivity contribution in [2.24, 2.45) is 5.73 Å². The number of carbonyl (C=O) groups is 1. The van der Waals surface area contributed by atoms with Gasteiger partial charge in [-0.2, -0.15) is 0 Å². The van der Waals surface area contributed by atoms with Gasteiger partial charge in [-0.3, -0.25) is 9.78 Å². The second kappa shape index (κ2) is 10.8. The first kappa shape index (κ1) is 27.1. The summed E-state index contributed by atoms with van der Waals surface area (Å²) in [7, 11) is 0. The average molecular weight is 524 g/mol. The number of alkyl halides is 3. The van der Waals surface area contributed by atoms with E-state index in [1.165, 1.54) is 36.7 Å². The Hall–Kier alpha value is -3.94. The van der Waals surface area contributed by atoms with Crippen LogP contribution in [-0.2, 0) is 4.74 Å². The van der Waals surface area contributed by atoms with Crippen molar-refractivity contribution in [3.8, 4) is 23.0 Å². The van der Waals surface area contributed by atoms with Gasteiger partial charge in [-0.05, 0) is 79.8 Å². The minimum atomic E-state index is -4.95. The Kier molecular flexibility index (Phi) is 7.71. The fourth-order valence-electron chi connectivity index (χ4n) is 3.98. The molecule has 7 nitrogen and oxygen atoms in total. The van der Waals surface area contributed by atoms with Gasteiger partial charge in [0.05, 0.1) is 24.4 Å². The van der Waals surface area contributed by atoms with Crippen LogP contribution in [-0.4, -0.2) is 54.0 Å². The molecule has 0 atom stereocenters. The van der Waals surface area contributed by atoms with Crippen LogP contribution in [0.25, 0.3) is 11.1 Å². The largest absolute Gasteiger partial charge is 0.491 e. The van der Waals surface area contributed by atoms with Gasteiger partial charge in [0, 0.05) is 31.0 Å². The number of carbonyl (C=O) groups excluding carboxylic acids is 1. The Morgan fingerprint density at radius 2 is 1.76 bits per heavy atom. The molecule has 0 aliphatic carbocycles. The van der Waals surface area contributed by atoms with Gasteiger partial charge < -0.3 is 15.4 Å². The summed E-state index contributed by atoms with van der Waals surface area (Å²) < 4.78 is 48.0. The fourth-order valence-corrected chi connectivity index (χ4v) is 3.98. The van der Waals surface area contributed by atoms with Crippen LogP contribution in [0, 0.1) is 18.8 Å². The molecule has 0 unspecified atom stereocenters. The number of pyridine rings is 2. The highest BCUT2D eigenvalue weighted by Crippen LogP contribution is 2.36. The Morgan fingerprint density at radius 3 is 2.39 bits per heavy atom. The third-order valence-electron chi connectivity index (χ3n) is 5.83. The molecular weight excluding hydrogens is 495 g/mol. The normalized spacial score (nSPS) is 14.0. The van der Waals surface area contributed by atoms with Gasteiger partial charge in [-0.15, -0.1) is 13.2 Å². The first-order valence-electron chi connectivity index (χ1n) is 12.0. The van der Waals surface area contributed by atoms with E-state index < -0.39 is 17.7 Å². The summed E-state index contributed by atoms with van der Waals surface area (Å²) >= 11 is 0. The predicted octanol–water partition coefficient (Wildman–Crippen LogP) is 4.54. The lowest BCUT2D eigenvalue weighted by Gasteiger charge is -2.28. The average Bonchev–Trinajstić information content (AvgIpc) is 2.88. The molecule has 10 heteroatoms. The molecule has 198 valence electrons. The molecule has 3 heterocycles. The summed E-state index contributed by atoms with van der Waals surface area (Å²) in [5.41, 5.74) is 7.15. The van der Waals surface area contributed by atoms with Crippen LogP contribution in [0.5, 0.6) is 0 Å². The SMILES string of the molecule is Cc1ccc(N(C(=O)c2ccncc2)C(F)(F)F)cc1-c1cc(C#CC(C)(C)N)nc(N2CCOCC2)c1. The van der Waals surface area contributed by atoms with Crippen molar-refractivity contribution in [2.45, 2.75) is 32.6 Å². The molecule has 2 aromatic heterocycles. The lowest BCUT2D eigenvalue weighted by atomic mass is 9.98. The number of rotatable bonds is 4. The van der Waals surface area contributed by atoms with Gasteiger partial charge in [-0.1, -0.05) is 12.0 Å². The highest BCUT2D eigenvalue weighted by atomic mass is 19.4. The second-order valence-electron chi connectivity index (χ2n) is 9.51. The van der Waals surface area contributed by atoms with Gasteiger partial charge in [0.1, 0.15) is 11.5 Å². The number of hydrogen-bond acceptors (Lipinski definition) is 6. The highest BCUT2D eigenvalue weighted by molar-refractivity contribution is 6.06. The lowest BCUT2D eigenvalue weighted by Crippen LogP contribution is -2.43. The molecule has 1 saturated heterocycles. The predicted molar refractivity (Wildman–Crippen MR) is 140 cm³/mol. The van der Waals surface area contributed by atoms with Crippen molar-refractivity contribution < 1.29 is 22.7 Å². The maximum absolute atomic E-state index is 14.2. The second-order valence-corrected chi connectivity index (χ2v) is 9.51. The molecule has 38 heavy (non-hydrogen) atoms. The number of hydrogen-bond donors (Lipinski definition) is 1. The first-order chi connectivity index (χ1) is 17.9. The number of ether oxygens (including phenoxy) is 1. The zero-order valence-electron chi connectivity index (χ0n) is 21.3. The summed E-state index contributed by atoms with van der Waals surface area (Å²) in [6.45, 7) is 7.65. The fraction of sp³-hybridized carbons (Fsp3) is 0.321. The molecule has 0 saturated carbocycles. The molecule has 1 fully saturated rings. The van der Waals surface area contributed by atoms with Crippen molar-refractivity contribution in [3.05, 3.63) is 71.7 Å². The number of aryl methyl sites for hydroxylation is 1. The molecule has 0 bridgehead atoms. The van der Waals surface area contributed by atoms with Crippen LogP contribution in [0.1, 0.15) is 35.5 Å². The Labute approximate surface area is 219 Å². The number of amides is 1. The van der Waals surface area contributed by atoms with Crippen LogP contribution in [0.15, 0.2) is 54.9 Å². The zero-order valence-corrected chi connectivity index (χ0v) is 21.3. The van der Waals surface area contributed by atoms with E-state index in [1.54, 1.807) is 32.9 Å². The third kappa shape index (κ3) is 6.49. The van der Waals surface area contributed by atoms with E-state index in [1.807, 2.05) is 11.0 Å². The van der Waals surface area contributed by atoms with E-state index in [0.717, 1.165) is 5.56 Å². The highest BCUT2D eigenvalue weighted by Gasteiger charge is 2.43. The first-order valence-corrected chi connectivity index (χ1v) is 12.0. The number of anilines is 2. The lowest BCUT2D eigenvalue weighted by molar-refractivity contribution is -0.122. The van der Waals surface area contributed by atoms with E-state index in [4.69, 9.17) is 10.5 Å². The standard InChI is InChI=1S/C28H28F3N5O2/c1-19-4-5-23(36(28(29,30)31)26(37)20-7-10-33-11-8-20)18-24(19)21-16-22(6-9-27(2,3)32)34-25(17-21)35-12-14-38-15-13-35/h4-5,7-8,10-11,16-18H,12-15,32H2,1-3H3.